The third kappa shape index (κ3) is 2.25. The minimum atomic E-state index is -0.855. The maximum absolute atomic E-state index is 12.6. The van der Waals surface area contributed by atoms with Crippen molar-refractivity contribution in [3.8, 4) is 18.3 Å². The number of carbonyl (C=O) groups excluding carboxylic acids is 1. The van der Waals surface area contributed by atoms with Crippen molar-refractivity contribution in [3.05, 3.63) is 53.3 Å². The molecule has 5 heteroatoms. The first-order valence-electron chi connectivity index (χ1n) is 6.81. The van der Waals surface area contributed by atoms with Gasteiger partial charge in [-0.1, -0.05) is 6.42 Å². The van der Waals surface area contributed by atoms with Crippen molar-refractivity contribution < 1.29 is 19.4 Å². The lowest BCUT2D eigenvalue weighted by molar-refractivity contribution is -0.138. The number of nitrogens with zero attached hydrogens (tertiary/aromatic N) is 1. The number of ether oxygens (including phenoxy) is 1. The largest absolute Gasteiger partial charge is 0.481 e. The van der Waals surface area contributed by atoms with Crippen LogP contribution in [0.5, 0.6) is 5.75 Å². The molecule has 1 N–H and O–H groups in total. The van der Waals surface area contributed by atoms with E-state index in [9.17, 15) is 14.7 Å². The highest BCUT2D eigenvalue weighted by Gasteiger charge is 2.31. The summed E-state index contributed by atoms with van der Waals surface area (Å²) < 4.78 is 6.68. The monoisotopic (exact) mass is 295 g/mol. The lowest BCUT2D eigenvalue weighted by atomic mass is 10.1. The van der Waals surface area contributed by atoms with E-state index in [-0.39, 0.29) is 5.78 Å². The predicted octanol–water partition coefficient (Wildman–Crippen LogP) is 2.26. The summed E-state index contributed by atoms with van der Waals surface area (Å²) in [5, 5.41) is 9.18. The van der Waals surface area contributed by atoms with Crippen LogP contribution in [0.1, 0.15) is 34.1 Å². The van der Waals surface area contributed by atoms with Gasteiger partial charge in [0, 0.05) is 17.8 Å². The maximum Gasteiger partial charge on any atom is 0.312 e. The fraction of sp³-hybridized carbons (Fsp3) is 0.176. The molecule has 1 aliphatic rings. The van der Waals surface area contributed by atoms with Crippen LogP contribution in [-0.2, 0) is 11.3 Å². The summed E-state index contributed by atoms with van der Waals surface area (Å²) in [5.74, 6) is -1.05. The number of carboxylic acids is 1. The molecule has 2 heterocycles. The number of aromatic nitrogens is 1. The van der Waals surface area contributed by atoms with Gasteiger partial charge in [-0.05, 0) is 42.8 Å². The van der Waals surface area contributed by atoms with Crippen molar-refractivity contribution in [2.24, 2.45) is 0 Å². The number of fused-ring (bicyclic) bond motifs is 1. The van der Waals surface area contributed by atoms with Crippen LogP contribution in [0.3, 0.4) is 0 Å². The van der Waals surface area contributed by atoms with E-state index in [4.69, 9.17) is 11.2 Å². The van der Waals surface area contributed by atoms with Gasteiger partial charge in [0.25, 0.3) is 0 Å². The summed E-state index contributed by atoms with van der Waals surface area (Å²) >= 11 is 0. The van der Waals surface area contributed by atoms with Gasteiger partial charge in [0.15, 0.2) is 0 Å². The Bertz CT molecular complexity index is 780. The van der Waals surface area contributed by atoms with Gasteiger partial charge in [-0.15, -0.1) is 0 Å². The molecule has 3 rings (SSSR count). The third-order valence-corrected chi connectivity index (χ3v) is 3.84. The zero-order valence-corrected chi connectivity index (χ0v) is 11.7. The molecule has 0 saturated heterocycles. The zero-order valence-electron chi connectivity index (χ0n) is 11.7. The van der Waals surface area contributed by atoms with Gasteiger partial charge in [-0.3, -0.25) is 9.59 Å². The molecule has 0 aliphatic carbocycles. The second kappa shape index (κ2) is 5.41. The number of hydrogen-bond acceptors (Lipinski definition) is 3. The molecule has 0 amide bonds. The molecule has 110 valence electrons. The van der Waals surface area contributed by atoms with Crippen LogP contribution in [-0.4, -0.2) is 21.4 Å². The molecule has 2 aromatic rings. The average molecular weight is 295 g/mol. The number of hydrogen-bond donors (Lipinski definition) is 1. The highest BCUT2D eigenvalue weighted by molar-refractivity contribution is 6.08. The molecule has 0 fully saturated rings. The smallest absolute Gasteiger partial charge is 0.312 e. The number of rotatable bonds is 4. The van der Waals surface area contributed by atoms with Gasteiger partial charge in [0.05, 0.1) is 11.6 Å². The highest BCUT2D eigenvalue weighted by atomic mass is 16.5. The first kappa shape index (κ1) is 14.0. The summed E-state index contributed by atoms with van der Waals surface area (Å²) in [6.07, 6.45) is 7.62. The van der Waals surface area contributed by atoms with E-state index in [0.29, 0.717) is 35.7 Å². The van der Waals surface area contributed by atoms with Crippen molar-refractivity contribution in [3.63, 3.8) is 0 Å². The van der Waals surface area contributed by atoms with Crippen LogP contribution in [0, 0.1) is 12.5 Å². The molecule has 1 aliphatic heterocycles. The van der Waals surface area contributed by atoms with E-state index < -0.39 is 11.9 Å². The highest BCUT2D eigenvalue weighted by Crippen LogP contribution is 2.31. The number of terminal acetylenes is 1. The minimum absolute atomic E-state index is 0.149. The quantitative estimate of drug-likeness (QED) is 0.694. The van der Waals surface area contributed by atoms with Crippen molar-refractivity contribution in [1.82, 2.24) is 4.57 Å². The first-order chi connectivity index (χ1) is 10.6. The summed E-state index contributed by atoms with van der Waals surface area (Å²) in [7, 11) is 0. The molecule has 1 aromatic carbocycles. The normalized spacial score (nSPS) is 15.9. The Morgan fingerprint density at radius 1 is 1.23 bits per heavy atom. The lowest BCUT2D eigenvalue weighted by Crippen LogP contribution is -2.10. The predicted molar refractivity (Wildman–Crippen MR) is 78.8 cm³/mol. The molecular formula is C17H13NO4. The Hall–Kier alpha value is -3.00. The number of aliphatic carboxylic acids is 1. The SMILES string of the molecule is C#COc1ccc(C(=O)c2ccc3n2CCC3C(=O)O)cc1. The Morgan fingerprint density at radius 3 is 2.59 bits per heavy atom. The molecule has 1 atom stereocenters. The van der Waals surface area contributed by atoms with Gasteiger partial charge < -0.3 is 14.4 Å². The van der Waals surface area contributed by atoms with Crippen molar-refractivity contribution in [2.45, 2.75) is 18.9 Å². The standard InChI is InChI=1S/C17H13NO4/c1-2-22-12-5-3-11(4-6-12)16(19)15-8-7-14-13(17(20)21)9-10-18(14)15/h1,3-8,13H,9-10H2,(H,20,21). The second-order valence-corrected chi connectivity index (χ2v) is 5.05. The molecule has 1 aromatic heterocycles. The Labute approximate surface area is 127 Å². The lowest BCUT2D eigenvalue weighted by Gasteiger charge is -2.06. The molecule has 0 radical (unpaired) electrons. The van der Waals surface area contributed by atoms with E-state index in [2.05, 4.69) is 6.11 Å². The topological polar surface area (TPSA) is 68.5 Å². The number of carboxylic acid groups (broad SMARTS) is 1. The van der Waals surface area contributed by atoms with Crippen molar-refractivity contribution >= 4 is 11.8 Å². The molecule has 5 nitrogen and oxygen atoms in total. The summed E-state index contributed by atoms with van der Waals surface area (Å²) in [6.45, 7) is 0.540. The van der Waals surface area contributed by atoms with E-state index in [1.807, 2.05) is 0 Å². The number of ketones is 1. The van der Waals surface area contributed by atoms with Crippen LogP contribution in [0.15, 0.2) is 36.4 Å². The van der Waals surface area contributed by atoms with Crippen LogP contribution in [0.25, 0.3) is 0 Å². The number of carbonyl (C=O) groups is 2. The van der Waals surface area contributed by atoms with Gasteiger partial charge in [0.1, 0.15) is 11.9 Å². The first-order valence-corrected chi connectivity index (χ1v) is 6.81. The van der Waals surface area contributed by atoms with Crippen LogP contribution in [0.4, 0.5) is 0 Å². The zero-order chi connectivity index (χ0) is 15.7. The molecule has 0 saturated carbocycles. The Morgan fingerprint density at radius 2 is 1.95 bits per heavy atom. The molecule has 1 unspecified atom stereocenters. The van der Waals surface area contributed by atoms with Crippen LogP contribution >= 0.6 is 0 Å². The summed E-state index contributed by atoms with van der Waals surface area (Å²) in [6, 6.07) is 9.92. The van der Waals surface area contributed by atoms with E-state index in [0.717, 1.165) is 0 Å². The fourth-order valence-corrected chi connectivity index (χ4v) is 2.78. The van der Waals surface area contributed by atoms with Gasteiger partial charge in [-0.2, -0.15) is 0 Å². The van der Waals surface area contributed by atoms with E-state index in [1.54, 1.807) is 41.0 Å². The minimum Gasteiger partial charge on any atom is -0.481 e. The fourth-order valence-electron chi connectivity index (χ4n) is 2.78. The Kier molecular flexibility index (Phi) is 3.43. The average Bonchev–Trinajstić information content (AvgIpc) is 3.08. The molecule has 22 heavy (non-hydrogen) atoms. The van der Waals surface area contributed by atoms with Crippen molar-refractivity contribution in [2.75, 3.05) is 0 Å². The number of benzene rings is 1. The maximum atomic E-state index is 12.6. The second-order valence-electron chi connectivity index (χ2n) is 5.05. The van der Waals surface area contributed by atoms with Crippen LogP contribution in [0.2, 0.25) is 0 Å². The summed E-state index contributed by atoms with van der Waals surface area (Å²) in [4.78, 5) is 23.7. The summed E-state index contributed by atoms with van der Waals surface area (Å²) in [5.41, 5.74) is 1.69. The third-order valence-electron chi connectivity index (χ3n) is 3.84. The molecular weight excluding hydrogens is 282 g/mol. The van der Waals surface area contributed by atoms with Gasteiger partial charge >= 0.3 is 5.97 Å². The van der Waals surface area contributed by atoms with Gasteiger partial charge in [-0.25, -0.2) is 0 Å². The Balaban J connectivity index is 1.89. The van der Waals surface area contributed by atoms with Crippen molar-refractivity contribution in [1.29, 1.82) is 0 Å². The molecule has 0 spiro atoms. The van der Waals surface area contributed by atoms with E-state index in [1.165, 1.54) is 0 Å². The van der Waals surface area contributed by atoms with Crippen LogP contribution < -0.4 is 4.74 Å². The molecule has 0 bridgehead atoms. The van der Waals surface area contributed by atoms with E-state index >= 15 is 0 Å². The van der Waals surface area contributed by atoms with Gasteiger partial charge in [0.2, 0.25) is 5.78 Å².